The van der Waals surface area contributed by atoms with Crippen molar-refractivity contribution in [2.75, 3.05) is 7.11 Å². The molecule has 0 N–H and O–H groups in total. The number of methoxy groups -OCH3 is 1. The molecule has 7 heteroatoms. The van der Waals surface area contributed by atoms with E-state index in [1.54, 1.807) is 0 Å². The summed E-state index contributed by atoms with van der Waals surface area (Å²) in [5.41, 5.74) is 0.327. The lowest BCUT2D eigenvalue weighted by molar-refractivity contribution is -0.253. The molecular formula is C12H10F4O3. The summed E-state index contributed by atoms with van der Waals surface area (Å²) < 4.78 is 58.5. The maximum Gasteiger partial charge on any atom is 0.461 e. The van der Waals surface area contributed by atoms with E-state index in [-0.39, 0.29) is 5.75 Å². The Labute approximate surface area is 106 Å². The molecule has 0 fully saturated rings. The van der Waals surface area contributed by atoms with E-state index in [2.05, 4.69) is 4.74 Å². The molecule has 19 heavy (non-hydrogen) atoms. The van der Waals surface area contributed by atoms with Gasteiger partial charge in [-0.15, -0.1) is 0 Å². The molecule has 3 nitrogen and oxygen atoms in total. The average molecular weight is 278 g/mol. The van der Waals surface area contributed by atoms with E-state index >= 15 is 0 Å². The van der Waals surface area contributed by atoms with Crippen molar-refractivity contribution in [3.05, 3.63) is 29.8 Å². The smallest absolute Gasteiger partial charge is 0.461 e. The number of aldehydes is 1. The molecule has 0 aliphatic heterocycles. The molecule has 0 saturated heterocycles. The Bertz CT molecular complexity index is 472. The normalized spacial score (nSPS) is 11.9. The number of ether oxygens (including phenoxy) is 2. The van der Waals surface area contributed by atoms with Crippen molar-refractivity contribution >= 4 is 12.4 Å². The molecule has 1 aromatic rings. The van der Waals surface area contributed by atoms with E-state index in [0.717, 1.165) is 12.1 Å². The van der Waals surface area contributed by atoms with Gasteiger partial charge in [0, 0.05) is 0 Å². The Hall–Kier alpha value is -2.05. The summed E-state index contributed by atoms with van der Waals surface area (Å²) in [7, 11) is 1.18. The number of allylic oxidation sites excluding steroid dienone is 1. The summed E-state index contributed by atoms with van der Waals surface area (Å²) in [4.78, 5) is 10.1. The molecule has 0 spiro atoms. The molecule has 0 amide bonds. The van der Waals surface area contributed by atoms with Crippen LogP contribution in [0.3, 0.4) is 0 Å². The zero-order chi connectivity index (χ0) is 14.5. The van der Waals surface area contributed by atoms with Crippen LogP contribution >= 0.6 is 0 Å². The summed E-state index contributed by atoms with van der Waals surface area (Å²) in [5, 5.41) is 0. The largest absolute Gasteiger partial charge is 0.493 e. The maximum absolute atomic E-state index is 12.8. The minimum atomic E-state index is -4.62. The van der Waals surface area contributed by atoms with Crippen LogP contribution in [-0.4, -0.2) is 25.9 Å². The Morgan fingerprint density at radius 3 is 2.47 bits per heavy atom. The monoisotopic (exact) mass is 278 g/mol. The first-order chi connectivity index (χ1) is 8.90. The van der Waals surface area contributed by atoms with Crippen LogP contribution in [0.2, 0.25) is 0 Å². The van der Waals surface area contributed by atoms with E-state index in [0.29, 0.717) is 11.8 Å². The lowest BCUT2D eigenvalue weighted by Crippen LogP contribution is -2.33. The van der Waals surface area contributed by atoms with E-state index in [4.69, 9.17) is 4.74 Å². The van der Waals surface area contributed by atoms with Gasteiger partial charge in [0.2, 0.25) is 0 Å². The van der Waals surface area contributed by atoms with Crippen molar-refractivity contribution in [2.45, 2.75) is 12.5 Å². The van der Waals surface area contributed by atoms with Gasteiger partial charge < -0.3 is 9.47 Å². The van der Waals surface area contributed by atoms with Gasteiger partial charge in [-0.05, 0) is 23.8 Å². The van der Waals surface area contributed by atoms with Crippen LogP contribution in [-0.2, 0) is 4.79 Å². The molecule has 0 bridgehead atoms. The third kappa shape index (κ3) is 3.97. The first-order valence-corrected chi connectivity index (χ1v) is 5.05. The molecule has 1 rings (SSSR count). The van der Waals surface area contributed by atoms with Gasteiger partial charge in [0.1, 0.15) is 6.29 Å². The van der Waals surface area contributed by atoms with Crippen molar-refractivity contribution in [1.29, 1.82) is 0 Å². The van der Waals surface area contributed by atoms with Crippen LogP contribution in [0.4, 0.5) is 17.6 Å². The van der Waals surface area contributed by atoms with Crippen molar-refractivity contribution in [1.82, 2.24) is 0 Å². The summed E-state index contributed by atoms with van der Waals surface area (Å²) in [5.74, 6) is -0.663. The standard InChI is InChI=1S/C12H10F4O3/c1-18-9-5-4-8(3-2-6-17)7-10(9)19-12(15,16)11(13)14/h2-7,11H,1H3/b3-2+. The molecule has 0 unspecified atom stereocenters. The molecule has 0 aromatic heterocycles. The lowest BCUT2D eigenvalue weighted by atomic mass is 10.2. The Balaban J connectivity index is 3.09. The predicted molar refractivity (Wildman–Crippen MR) is 59.7 cm³/mol. The van der Waals surface area contributed by atoms with Gasteiger partial charge in [0.15, 0.2) is 11.5 Å². The molecule has 104 valence electrons. The van der Waals surface area contributed by atoms with Crippen LogP contribution in [0, 0.1) is 0 Å². The van der Waals surface area contributed by atoms with Crippen molar-refractivity contribution in [2.24, 2.45) is 0 Å². The van der Waals surface area contributed by atoms with E-state index in [1.165, 1.54) is 25.3 Å². The molecule has 0 aliphatic carbocycles. The SMILES string of the molecule is COc1ccc(/C=C/C=O)cc1OC(F)(F)C(F)F. The lowest BCUT2D eigenvalue weighted by Gasteiger charge is -2.18. The van der Waals surface area contributed by atoms with Crippen LogP contribution < -0.4 is 9.47 Å². The van der Waals surface area contributed by atoms with Gasteiger partial charge >= 0.3 is 12.5 Å². The molecule has 0 atom stereocenters. The third-order valence-electron chi connectivity index (χ3n) is 2.06. The number of rotatable bonds is 6. The van der Waals surface area contributed by atoms with Gasteiger partial charge in [0.05, 0.1) is 7.11 Å². The third-order valence-corrected chi connectivity index (χ3v) is 2.06. The summed E-state index contributed by atoms with van der Waals surface area (Å²) >= 11 is 0. The number of hydrogen-bond acceptors (Lipinski definition) is 3. The van der Waals surface area contributed by atoms with Gasteiger partial charge in [-0.3, -0.25) is 4.79 Å². The second kappa shape index (κ2) is 6.21. The Morgan fingerprint density at radius 1 is 1.26 bits per heavy atom. The number of hydrogen-bond donors (Lipinski definition) is 0. The van der Waals surface area contributed by atoms with Crippen molar-refractivity contribution in [3.8, 4) is 11.5 Å². The Morgan fingerprint density at radius 2 is 1.95 bits per heavy atom. The Kier molecular flexibility index (Phi) is 4.91. The number of carbonyl (C=O) groups is 1. The van der Waals surface area contributed by atoms with Gasteiger partial charge in [-0.2, -0.15) is 17.6 Å². The second-order valence-corrected chi connectivity index (χ2v) is 3.37. The highest BCUT2D eigenvalue weighted by atomic mass is 19.3. The fraction of sp³-hybridized carbons (Fsp3) is 0.250. The van der Waals surface area contributed by atoms with E-state index in [1.807, 2.05) is 0 Å². The van der Waals surface area contributed by atoms with Gasteiger partial charge in [-0.25, -0.2) is 0 Å². The summed E-state index contributed by atoms with van der Waals surface area (Å²) in [6, 6.07) is 3.78. The minimum Gasteiger partial charge on any atom is -0.493 e. The second-order valence-electron chi connectivity index (χ2n) is 3.37. The van der Waals surface area contributed by atoms with Crippen LogP contribution in [0.5, 0.6) is 11.5 Å². The molecule has 0 saturated carbocycles. The quantitative estimate of drug-likeness (QED) is 0.455. The first kappa shape index (κ1) is 15.0. The minimum absolute atomic E-state index is 0.122. The zero-order valence-electron chi connectivity index (χ0n) is 9.78. The first-order valence-electron chi connectivity index (χ1n) is 5.05. The summed E-state index contributed by atoms with van der Waals surface area (Å²) in [6.45, 7) is 0. The van der Waals surface area contributed by atoms with Crippen LogP contribution in [0.25, 0.3) is 6.08 Å². The van der Waals surface area contributed by atoms with Crippen LogP contribution in [0.15, 0.2) is 24.3 Å². The van der Waals surface area contributed by atoms with Crippen molar-refractivity contribution < 1.29 is 31.8 Å². The van der Waals surface area contributed by atoms with Crippen molar-refractivity contribution in [3.63, 3.8) is 0 Å². The van der Waals surface area contributed by atoms with Gasteiger partial charge in [0.25, 0.3) is 0 Å². The molecule has 1 aromatic carbocycles. The van der Waals surface area contributed by atoms with Gasteiger partial charge in [-0.1, -0.05) is 12.1 Å². The van der Waals surface area contributed by atoms with Crippen LogP contribution in [0.1, 0.15) is 5.56 Å². The molecule has 0 aliphatic rings. The fourth-order valence-electron chi connectivity index (χ4n) is 1.22. The maximum atomic E-state index is 12.8. The molecule has 0 radical (unpaired) electrons. The highest BCUT2D eigenvalue weighted by Crippen LogP contribution is 2.35. The number of benzene rings is 1. The number of halogens is 4. The fourth-order valence-corrected chi connectivity index (χ4v) is 1.22. The highest BCUT2D eigenvalue weighted by molar-refractivity contribution is 5.74. The van der Waals surface area contributed by atoms with E-state index < -0.39 is 18.3 Å². The topological polar surface area (TPSA) is 35.5 Å². The van der Waals surface area contributed by atoms with E-state index in [9.17, 15) is 22.4 Å². The number of carbonyl (C=O) groups excluding carboxylic acids is 1. The highest BCUT2D eigenvalue weighted by Gasteiger charge is 2.44. The molecule has 0 heterocycles. The average Bonchev–Trinajstić information content (AvgIpc) is 2.36. The number of alkyl halides is 4. The summed E-state index contributed by atoms with van der Waals surface area (Å²) in [6.07, 6.45) is -5.68. The molecular weight excluding hydrogens is 268 g/mol. The zero-order valence-corrected chi connectivity index (χ0v) is 9.78. The predicted octanol–water partition coefficient (Wildman–Crippen LogP) is 3.14.